The van der Waals surface area contributed by atoms with E-state index in [0.29, 0.717) is 12.5 Å². The van der Waals surface area contributed by atoms with Crippen LogP contribution in [0.5, 0.6) is 0 Å². The summed E-state index contributed by atoms with van der Waals surface area (Å²) in [4.78, 5) is 13.2. The number of carboxylic acid groups (broad SMARTS) is 1. The summed E-state index contributed by atoms with van der Waals surface area (Å²) < 4.78 is 23.2. The van der Waals surface area contributed by atoms with Gasteiger partial charge in [0.05, 0.1) is 23.7 Å². The number of likely N-dealkylation sites (tertiary alicyclic amines) is 1. The quantitative estimate of drug-likeness (QED) is 0.700. The van der Waals surface area contributed by atoms with Crippen LogP contribution in [0.25, 0.3) is 0 Å². The number of fused-ring (bicyclic) bond motifs is 1. The molecular formula is C12H19NO5S. The van der Waals surface area contributed by atoms with Gasteiger partial charge in [0.2, 0.25) is 0 Å². The van der Waals surface area contributed by atoms with Crippen LogP contribution in [-0.2, 0) is 14.6 Å². The summed E-state index contributed by atoms with van der Waals surface area (Å²) in [6.07, 6.45) is 2.01. The summed E-state index contributed by atoms with van der Waals surface area (Å²) >= 11 is 0. The Balaban J connectivity index is 1.86. The first-order valence-electron chi connectivity index (χ1n) is 6.76. The summed E-state index contributed by atoms with van der Waals surface area (Å²) in [5.74, 6) is -0.775. The van der Waals surface area contributed by atoms with Gasteiger partial charge in [-0.2, -0.15) is 0 Å². The van der Waals surface area contributed by atoms with Crippen molar-refractivity contribution in [3.05, 3.63) is 0 Å². The molecule has 7 heteroatoms. The highest BCUT2D eigenvalue weighted by atomic mass is 32.2. The molecule has 2 heterocycles. The van der Waals surface area contributed by atoms with Crippen LogP contribution >= 0.6 is 0 Å². The predicted octanol–water partition coefficient (Wildman–Crippen LogP) is -0.671. The number of carboxylic acids is 1. The maximum atomic E-state index is 11.6. The summed E-state index contributed by atoms with van der Waals surface area (Å²) in [5, 5.41) is 19.4. The molecule has 19 heavy (non-hydrogen) atoms. The highest BCUT2D eigenvalue weighted by molar-refractivity contribution is 7.91. The number of carbonyl (C=O) groups is 1. The number of rotatable bonds is 2. The molecule has 0 bridgehead atoms. The lowest BCUT2D eigenvalue weighted by atomic mass is 9.94. The van der Waals surface area contributed by atoms with Crippen molar-refractivity contribution in [2.45, 2.75) is 37.5 Å². The van der Waals surface area contributed by atoms with Crippen molar-refractivity contribution >= 4 is 15.8 Å². The minimum atomic E-state index is -3.24. The molecule has 1 aliphatic carbocycles. The molecule has 0 radical (unpaired) electrons. The van der Waals surface area contributed by atoms with Crippen LogP contribution in [0.1, 0.15) is 19.3 Å². The van der Waals surface area contributed by atoms with E-state index in [2.05, 4.69) is 0 Å². The average molecular weight is 289 g/mol. The fourth-order valence-electron chi connectivity index (χ4n) is 4.13. The molecule has 3 aliphatic rings. The monoisotopic (exact) mass is 289 g/mol. The van der Waals surface area contributed by atoms with Crippen LogP contribution in [0.4, 0.5) is 0 Å². The van der Waals surface area contributed by atoms with Crippen molar-refractivity contribution in [2.24, 2.45) is 11.8 Å². The van der Waals surface area contributed by atoms with Gasteiger partial charge in [-0.05, 0) is 24.7 Å². The average Bonchev–Trinajstić information content (AvgIpc) is 2.88. The number of nitrogens with zero attached hydrogens (tertiary/aromatic N) is 1. The maximum Gasteiger partial charge on any atom is 0.321 e. The predicted molar refractivity (Wildman–Crippen MR) is 67.4 cm³/mol. The maximum absolute atomic E-state index is 11.6. The third-order valence-electron chi connectivity index (χ3n) is 4.90. The van der Waals surface area contributed by atoms with E-state index in [-0.39, 0.29) is 17.4 Å². The van der Waals surface area contributed by atoms with Crippen molar-refractivity contribution in [3.8, 4) is 0 Å². The molecule has 0 aromatic heterocycles. The van der Waals surface area contributed by atoms with E-state index in [1.54, 1.807) is 4.90 Å². The number of aliphatic hydroxyl groups excluding tert-OH is 1. The van der Waals surface area contributed by atoms with Gasteiger partial charge in [-0.1, -0.05) is 6.42 Å². The standard InChI is InChI=1S/C12H19NO5S/c14-10-6-19(17,18)5-9(10)13-4-7-2-1-3-8(7)11(13)12(15)16/h7-11,14H,1-6H2,(H,15,16). The molecule has 5 atom stereocenters. The Hall–Kier alpha value is -0.660. The van der Waals surface area contributed by atoms with Crippen molar-refractivity contribution in [1.29, 1.82) is 0 Å². The van der Waals surface area contributed by atoms with E-state index in [4.69, 9.17) is 0 Å². The van der Waals surface area contributed by atoms with Gasteiger partial charge in [0.15, 0.2) is 9.84 Å². The van der Waals surface area contributed by atoms with Gasteiger partial charge in [-0.25, -0.2) is 8.42 Å². The molecule has 0 amide bonds. The smallest absolute Gasteiger partial charge is 0.321 e. The lowest BCUT2D eigenvalue weighted by molar-refractivity contribution is -0.144. The second-order valence-corrected chi connectivity index (χ2v) is 8.20. The van der Waals surface area contributed by atoms with Crippen molar-refractivity contribution in [3.63, 3.8) is 0 Å². The normalized spacial score (nSPS) is 45.4. The van der Waals surface area contributed by atoms with Crippen molar-refractivity contribution in [2.75, 3.05) is 18.1 Å². The number of aliphatic carboxylic acids is 1. The Morgan fingerprint density at radius 2 is 1.95 bits per heavy atom. The first-order chi connectivity index (χ1) is 8.89. The molecule has 2 aliphatic heterocycles. The second kappa shape index (κ2) is 4.43. The van der Waals surface area contributed by atoms with Crippen LogP contribution in [0.3, 0.4) is 0 Å². The zero-order valence-electron chi connectivity index (χ0n) is 10.6. The van der Waals surface area contributed by atoms with Crippen LogP contribution in [-0.4, -0.2) is 65.7 Å². The van der Waals surface area contributed by atoms with E-state index in [9.17, 15) is 23.4 Å². The van der Waals surface area contributed by atoms with Crippen LogP contribution in [0.2, 0.25) is 0 Å². The molecule has 5 unspecified atom stereocenters. The number of sulfone groups is 1. The third kappa shape index (κ3) is 2.17. The van der Waals surface area contributed by atoms with Gasteiger partial charge in [-0.15, -0.1) is 0 Å². The SMILES string of the molecule is O=C(O)C1C2CCCC2CN1C1CS(=O)(=O)CC1O. The van der Waals surface area contributed by atoms with E-state index in [1.165, 1.54) is 0 Å². The van der Waals surface area contributed by atoms with Gasteiger partial charge in [0.1, 0.15) is 6.04 Å². The van der Waals surface area contributed by atoms with Crippen LogP contribution < -0.4 is 0 Å². The minimum absolute atomic E-state index is 0.114. The van der Waals surface area contributed by atoms with Gasteiger partial charge in [-0.3, -0.25) is 9.69 Å². The fourth-order valence-corrected chi connectivity index (χ4v) is 5.94. The van der Waals surface area contributed by atoms with Crippen LogP contribution in [0.15, 0.2) is 0 Å². The summed E-state index contributed by atoms with van der Waals surface area (Å²) in [6, 6.07) is -1.17. The Labute approximate surface area is 112 Å². The van der Waals surface area contributed by atoms with Crippen molar-refractivity contribution in [1.82, 2.24) is 4.90 Å². The van der Waals surface area contributed by atoms with Gasteiger partial charge in [0.25, 0.3) is 0 Å². The molecule has 0 aromatic carbocycles. The summed E-state index contributed by atoms with van der Waals surface area (Å²) in [6.45, 7) is 0.610. The first-order valence-corrected chi connectivity index (χ1v) is 8.58. The fraction of sp³-hybridized carbons (Fsp3) is 0.917. The van der Waals surface area contributed by atoms with E-state index >= 15 is 0 Å². The first kappa shape index (κ1) is 13.3. The molecule has 108 valence electrons. The van der Waals surface area contributed by atoms with Gasteiger partial charge < -0.3 is 10.2 Å². The number of hydrogen-bond donors (Lipinski definition) is 2. The Kier molecular flexibility index (Phi) is 3.11. The van der Waals surface area contributed by atoms with E-state index in [0.717, 1.165) is 19.3 Å². The molecule has 0 aromatic rings. The van der Waals surface area contributed by atoms with Gasteiger partial charge >= 0.3 is 5.97 Å². The van der Waals surface area contributed by atoms with E-state index in [1.807, 2.05) is 0 Å². The Morgan fingerprint density at radius 3 is 2.53 bits per heavy atom. The zero-order chi connectivity index (χ0) is 13.8. The highest BCUT2D eigenvalue weighted by Crippen LogP contribution is 2.44. The number of aliphatic hydroxyl groups is 1. The van der Waals surface area contributed by atoms with Crippen LogP contribution in [0, 0.1) is 11.8 Å². The number of hydrogen-bond acceptors (Lipinski definition) is 5. The van der Waals surface area contributed by atoms with E-state index < -0.39 is 34.0 Å². The molecule has 3 fully saturated rings. The second-order valence-electron chi connectivity index (χ2n) is 6.05. The molecule has 1 saturated carbocycles. The molecule has 2 N–H and O–H groups in total. The molecule has 2 saturated heterocycles. The molecule has 6 nitrogen and oxygen atoms in total. The highest BCUT2D eigenvalue weighted by Gasteiger charge is 2.53. The minimum Gasteiger partial charge on any atom is -0.480 e. The molecule has 3 rings (SSSR count). The Morgan fingerprint density at radius 1 is 1.21 bits per heavy atom. The zero-order valence-corrected chi connectivity index (χ0v) is 11.4. The lowest BCUT2D eigenvalue weighted by Crippen LogP contribution is -2.50. The van der Waals surface area contributed by atoms with Gasteiger partial charge in [0, 0.05) is 6.54 Å². The molecular weight excluding hydrogens is 270 g/mol. The lowest BCUT2D eigenvalue weighted by Gasteiger charge is -2.31. The largest absolute Gasteiger partial charge is 0.480 e. The Bertz CT molecular complexity index is 490. The summed E-state index contributed by atoms with van der Waals surface area (Å²) in [5.41, 5.74) is 0. The summed E-state index contributed by atoms with van der Waals surface area (Å²) in [7, 11) is -3.24. The topological polar surface area (TPSA) is 94.9 Å². The van der Waals surface area contributed by atoms with Crippen molar-refractivity contribution < 1.29 is 23.4 Å². The third-order valence-corrected chi connectivity index (χ3v) is 6.60. The molecule has 0 spiro atoms.